The van der Waals surface area contributed by atoms with Gasteiger partial charge in [0.05, 0.1) is 24.1 Å². The molecule has 0 fully saturated rings. The van der Waals surface area contributed by atoms with Crippen molar-refractivity contribution in [1.82, 2.24) is 0 Å². The second-order valence-corrected chi connectivity index (χ2v) is 5.09. The zero-order chi connectivity index (χ0) is 15.0. The van der Waals surface area contributed by atoms with Crippen LogP contribution in [0.5, 0.6) is 5.75 Å². The fourth-order valence-electron chi connectivity index (χ4n) is 2.25. The van der Waals surface area contributed by atoms with Crippen molar-refractivity contribution in [3.63, 3.8) is 0 Å². The lowest BCUT2D eigenvalue weighted by molar-refractivity contribution is 0.114. The molecular weight excluding hydrogens is 252 g/mol. The normalized spacial score (nSPS) is 12.4. The van der Waals surface area contributed by atoms with Crippen LogP contribution in [0.1, 0.15) is 40.0 Å². The van der Waals surface area contributed by atoms with Crippen LogP contribution in [0, 0.1) is 5.92 Å². The monoisotopic (exact) mass is 280 g/mol. The van der Waals surface area contributed by atoms with E-state index in [1.165, 1.54) is 0 Å². The second-order valence-electron chi connectivity index (χ2n) is 5.09. The molecule has 0 saturated heterocycles. The van der Waals surface area contributed by atoms with Gasteiger partial charge in [0.15, 0.2) is 0 Å². The van der Waals surface area contributed by atoms with E-state index in [4.69, 9.17) is 10.5 Å². The molecule has 20 heavy (non-hydrogen) atoms. The Labute approximate surface area is 122 Å². The maximum atomic E-state index is 10.1. The average molecular weight is 280 g/mol. The Balaban J connectivity index is 2.63. The maximum Gasteiger partial charge on any atom is 0.144 e. The smallest absolute Gasteiger partial charge is 0.144 e. The van der Waals surface area contributed by atoms with E-state index in [9.17, 15) is 5.11 Å². The van der Waals surface area contributed by atoms with Crippen molar-refractivity contribution in [3.8, 4) is 5.75 Å². The third kappa shape index (κ3) is 4.60. The molecule has 1 aromatic carbocycles. The molecule has 4 heteroatoms. The third-order valence-corrected chi connectivity index (χ3v) is 3.62. The van der Waals surface area contributed by atoms with Crippen LogP contribution in [0.2, 0.25) is 0 Å². The van der Waals surface area contributed by atoms with Crippen LogP contribution in [-0.2, 0) is 0 Å². The summed E-state index contributed by atoms with van der Waals surface area (Å²) in [5.41, 5.74) is 7.51. The lowest BCUT2D eigenvalue weighted by Crippen LogP contribution is -2.27. The summed E-state index contributed by atoms with van der Waals surface area (Å²) >= 11 is 0. The lowest BCUT2D eigenvalue weighted by atomic mass is 9.96. The Kier molecular flexibility index (Phi) is 7.23. The van der Waals surface area contributed by atoms with E-state index >= 15 is 0 Å². The van der Waals surface area contributed by atoms with Crippen molar-refractivity contribution in [1.29, 1.82) is 0 Å². The maximum absolute atomic E-state index is 10.1. The molecule has 0 spiro atoms. The van der Waals surface area contributed by atoms with Gasteiger partial charge in [-0.05, 0) is 24.5 Å². The Morgan fingerprint density at radius 2 is 1.95 bits per heavy atom. The van der Waals surface area contributed by atoms with Gasteiger partial charge in [-0.25, -0.2) is 0 Å². The van der Waals surface area contributed by atoms with Crippen molar-refractivity contribution in [2.24, 2.45) is 5.92 Å². The minimum Gasteiger partial charge on any atom is -0.491 e. The van der Waals surface area contributed by atoms with Crippen molar-refractivity contribution >= 4 is 11.4 Å². The highest BCUT2D eigenvalue weighted by Crippen LogP contribution is 2.29. The fourth-order valence-corrected chi connectivity index (χ4v) is 2.25. The fraction of sp³-hybridized carbons (Fsp3) is 0.625. The molecule has 0 heterocycles. The lowest BCUT2D eigenvalue weighted by Gasteiger charge is -2.21. The number of anilines is 2. The van der Waals surface area contributed by atoms with Crippen LogP contribution < -0.4 is 15.8 Å². The minimum absolute atomic E-state index is 0.322. The molecule has 0 amide bonds. The van der Waals surface area contributed by atoms with E-state index in [0.29, 0.717) is 30.5 Å². The highest BCUT2D eigenvalue weighted by molar-refractivity contribution is 5.72. The molecule has 4 nitrogen and oxygen atoms in total. The van der Waals surface area contributed by atoms with E-state index < -0.39 is 0 Å². The molecule has 0 bridgehead atoms. The molecule has 0 radical (unpaired) electrons. The Morgan fingerprint density at radius 1 is 1.25 bits per heavy atom. The quantitative estimate of drug-likeness (QED) is 0.607. The highest BCUT2D eigenvalue weighted by atomic mass is 16.5. The SMILES string of the molecule is CCCOc1cccc(NCC(O)C(CC)CC)c1N. The molecular formula is C16H28N2O2. The van der Waals surface area contributed by atoms with E-state index in [2.05, 4.69) is 26.1 Å². The Bertz CT molecular complexity index is 392. The summed E-state index contributed by atoms with van der Waals surface area (Å²) in [5, 5.41) is 13.4. The molecule has 1 atom stereocenters. The van der Waals surface area contributed by atoms with E-state index in [1.807, 2.05) is 18.2 Å². The summed E-state index contributed by atoms with van der Waals surface area (Å²) in [6.45, 7) is 7.43. The van der Waals surface area contributed by atoms with Crippen molar-refractivity contribution in [2.75, 3.05) is 24.2 Å². The number of nitrogen functional groups attached to an aromatic ring is 1. The van der Waals surface area contributed by atoms with Gasteiger partial charge in [0, 0.05) is 6.54 Å². The molecule has 4 N–H and O–H groups in total. The van der Waals surface area contributed by atoms with Crippen molar-refractivity contribution < 1.29 is 9.84 Å². The number of hydrogen-bond donors (Lipinski definition) is 3. The zero-order valence-electron chi connectivity index (χ0n) is 12.9. The molecule has 0 aliphatic carbocycles. The van der Waals surface area contributed by atoms with Gasteiger partial charge in [0.1, 0.15) is 5.75 Å². The van der Waals surface area contributed by atoms with E-state index in [0.717, 1.165) is 24.9 Å². The number of nitrogens with one attached hydrogen (secondary N) is 1. The molecule has 0 aliphatic rings. The number of nitrogens with two attached hydrogens (primary N) is 1. The van der Waals surface area contributed by atoms with Crippen LogP contribution in [0.4, 0.5) is 11.4 Å². The molecule has 0 aliphatic heterocycles. The van der Waals surface area contributed by atoms with Gasteiger partial charge in [-0.3, -0.25) is 0 Å². The number of ether oxygens (including phenoxy) is 1. The zero-order valence-corrected chi connectivity index (χ0v) is 12.9. The van der Waals surface area contributed by atoms with Crippen molar-refractivity contribution in [3.05, 3.63) is 18.2 Å². The number of aliphatic hydroxyl groups is 1. The van der Waals surface area contributed by atoms with Gasteiger partial charge in [0.25, 0.3) is 0 Å². The Hall–Kier alpha value is -1.42. The van der Waals surface area contributed by atoms with Gasteiger partial charge in [0.2, 0.25) is 0 Å². The van der Waals surface area contributed by atoms with E-state index in [1.54, 1.807) is 0 Å². The first-order valence-electron chi connectivity index (χ1n) is 7.57. The summed E-state index contributed by atoms with van der Waals surface area (Å²) in [6.07, 6.45) is 2.55. The number of rotatable bonds is 9. The molecule has 114 valence electrons. The van der Waals surface area contributed by atoms with Crippen LogP contribution >= 0.6 is 0 Å². The number of para-hydroxylation sites is 1. The topological polar surface area (TPSA) is 67.5 Å². The summed E-state index contributed by atoms with van der Waals surface area (Å²) in [7, 11) is 0. The summed E-state index contributed by atoms with van der Waals surface area (Å²) < 4.78 is 5.60. The van der Waals surface area contributed by atoms with Crippen molar-refractivity contribution in [2.45, 2.75) is 46.1 Å². The Morgan fingerprint density at radius 3 is 2.55 bits per heavy atom. The van der Waals surface area contributed by atoms with E-state index in [-0.39, 0.29) is 6.10 Å². The first kappa shape index (κ1) is 16.6. The first-order chi connectivity index (χ1) is 9.63. The molecule has 0 saturated carbocycles. The third-order valence-electron chi connectivity index (χ3n) is 3.62. The van der Waals surface area contributed by atoms with Gasteiger partial charge in [-0.1, -0.05) is 39.7 Å². The summed E-state index contributed by atoms with van der Waals surface area (Å²) in [4.78, 5) is 0. The average Bonchev–Trinajstić information content (AvgIpc) is 2.46. The summed E-state index contributed by atoms with van der Waals surface area (Å²) in [6, 6.07) is 5.69. The van der Waals surface area contributed by atoms with Crippen LogP contribution in [0.15, 0.2) is 18.2 Å². The number of hydrogen-bond acceptors (Lipinski definition) is 4. The van der Waals surface area contributed by atoms with Gasteiger partial charge >= 0.3 is 0 Å². The second kappa shape index (κ2) is 8.69. The first-order valence-corrected chi connectivity index (χ1v) is 7.57. The summed E-state index contributed by atoms with van der Waals surface area (Å²) in [5.74, 6) is 1.03. The standard InChI is InChI=1S/C16H28N2O2/c1-4-10-20-15-9-7-8-13(16(15)17)18-11-14(19)12(5-2)6-3/h7-9,12,14,18-19H,4-6,10-11,17H2,1-3H3. The van der Waals surface area contributed by atoms with Gasteiger partial charge < -0.3 is 20.9 Å². The van der Waals surface area contributed by atoms with Crippen LogP contribution in [-0.4, -0.2) is 24.4 Å². The number of aliphatic hydroxyl groups excluding tert-OH is 1. The molecule has 1 rings (SSSR count). The predicted molar refractivity (Wildman–Crippen MR) is 85.2 cm³/mol. The number of benzene rings is 1. The molecule has 1 unspecified atom stereocenters. The van der Waals surface area contributed by atoms with Gasteiger partial charge in [-0.2, -0.15) is 0 Å². The van der Waals surface area contributed by atoms with Gasteiger partial charge in [-0.15, -0.1) is 0 Å². The van der Waals surface area contributed by atoms with Crippen LogP contribution in [0.25, 0.3) is 0 Å². The largest absolute Gasteiger partial charge is 0.491 e. The minimum atomic E-state index is -0.357. The van der Waals surface area contributed by atoms with Crippen LogP contribution in [0.3, 0.4) is 0 Å². The highest BCUT2D eigenvalue weighted by Gasteiger charge is 2.15. The predicted octanol–water partition coefficient (Wildman–Crippen LogP) is 3.27. The molecule has 0 aromatic heterocycles. The molecule has 1 aromatic rings.